The lowest BCUT2D eigenvalue weighted by Gasteiger charge is -2.33. The molecule has 0 heterocycles. The molecule has 18 heavy (non-hydrogen) atoms. The van der Waals surface area contributed by atoms with Crippen molar-refractivity contribution >= 4 is 15.2 Å². The Balaban J connectivity index is 0. The predicted molar refractivity (Wildman–Crippen MR) is 77.7 cm³/mol. The SMILES string of the molecule is CC=CC[PH+](C(C)(C)C)C(C)(C)C.F[B-](F)(F)F. The molecule has 0 bridgehead atoms. The van der Waals surface area contributed by atoms with Crippen LogP contribution < -0.4 is 0 Å². The quantitative estimate of drug-likeness (QED) is 0.265. The molecule has 6 heteroatoms. The molecule has 0 nitrogen and oxygen atoms in total. The highest BCUT2D eigenvalue weighted by molar-refractivity contribution is 7.61. The van der Waals surface area contributed by atoms with E-state index in [0.717, 1.165) is 0 Å². The molecule has 0 saturated heterocycles. The molecule has 0 aliphatic carbocycles. The van der Waals surface area contributed by atoms with E-state index in [0.29, 0.717) is 10.3 Å². The van der Waals surface area contributed by atoms with Crippen molar-refractivity contribution in [1.82, 2.24) is 0 Å². The van der Waals surface area contributed by atoms with Crippen LogP contribution in [0.15, 0.2) is 12.2 Å². The van der Waals surface area contributed by atoms with Gasteiger partial charge in [0.25, 0.3) is 0 Å². The van der Waals surface area contributed by atoms with Gasteiger partial charge in [0.1, 0.15) is 0 Å². The van der Waals surface area contributed by atoms with Gasteiger partial charge in [-0.25, -0.2) is 0 Å². The highest BCUT2D eigenvalue weighted by Crippen LogP contribution is 2.58. The smallest absolute Gasteiger partial charge is 0.418 e. The second-order valence-electron chi connectivity index (χ2n) is 6.25. The molecule has 0 amide bonds. The molecule has 0 rings (SSSR count). The number of hydrogen-bond donors (Lipinski definition) is 0. The standard InChI is InChI=1S/C12H25P.BF4/c1-8-9-10-13(11(2,3)4)12(5,6)7;2-1(3,4)5/h8-9H,10H2,1-7H3;/q;-1/p+1. The van der Waals surface area contributed by atoms with Gasteiger partial charge in [-0.15, -0.1) is 0 Å². The van der Waals surface area contributed by atoms with E-state index in [1.54, 1.807) is 0 Å². The lowest BCUT2D eigenvalue weighted by atomic mass is 10.2. The molecule has 0 aromatic carbocycles. The monoisotopic (exact) mass is 288 g/mol. The van der Waals surface area contributed by atoms with E-state index >= 15 is 0 Å². The Morgan fingerprint density at radius 1 is 0.889 bits per heavy atom. The lowest BCUT2D eigenvalue weighted by molar-refractivity contribution is 0.368. The molecule has 0 unspecified atom stereocenters. The summed E-state index contributed by atoms with van der Waals surface area (Å²) >= 11 is 0. The van der Waals surface area contributed by atoms with Crippen molar-refractivity contribution in [1.29, 1.82) is 0 Å². The molecule has 110 valence electrons. The summed E-state index contributed by atoms with van der Waals surface area (Å²) in [6.45, 7) is 16.4. The highest BCUT2D eigenvalue weighted by Gasteiger charge is 2.40. The minimum absolute atomic E-state index is 0.325. The topological polar surface area (TPSA) is 0 Å². The summed E-state index contributed by atoms with van der Waals surface area (Å²) in [5.74, 6) is 0. The molecule has 0 aliphatic rings. The Hall–Kier alpha value is -0.0451. The van der Waals surface area contributed by atoms with Crippen molar-refractivity contribution in [2.45, 2.75) is 58.8 Å². The van der Waals surface area contributed by atoms with E-state index in [1.807, 2.05) is 0 Å². The van der Waals surface area contributed by atoms with Crippen LogP contribution >= 0.6 is 7.92 Å². The normalized spacial score (nSPS) is 13.8. The first kappa shape index (κ1) is 20.3. The minimum atomic E-state index is -6.00. The third kappa shape index (κ3) is 14.0. The third-order valence-electron chi connectivity index (χ3n) is 2.37. The van der Waals surface area contributed by atoms with Crippen LogP contribution in [0.1, 0.15) is 48.5 Å². The van der Waals surface area contributed by atoms with Crippen molar-refractivity contribution in [2.75, 3.05) is 6.16 Å². The number of halogens is 4. The summed E-state index contributed by atoms with van der Waals surface area (Å²) in [6, 6.07) is 0. The fourth-order valence-electron chi connectivity index (χ4n) is 1.97. The van der Waals surface area contributed by atoms with Crippen molar-refractivity contribution in [3.05, 3.63) is 12.2 Å². The summed E-state index contributed by atoms with van der Waals surface area (Å²) in [5.41, 5.74) is 0. The van der Waals surface area contributed by atoms with Gasteiger partial charge in [-0.2, -0.15) is 0 Å². The first-order valence-corrected chi connectivity index (χ1v) is 7.75. The summed E-state index contributed by atoms with van der Waals surface area (Å²) in [4.78, 5) is 0. The van der Waals surface area contributed by atoms with Crippen LogP contribution in [0, 0.1) is 0 Å². The van der Waals surface area contributed by atoms with Crippen LogP contribution in [-0.2, 0) is 0 Å². The molecule has 0 aliphatic heterocycles. The summed E-state index contributed by atoms with van der Waals surface area (Å²) in [5, 5.41) is 1.00. The Labute approximate surface area is 110 Å². The van der Waals surface area contributed by atoms with Crippen molar-refractivity contribution in [2.24, 2.45) is 0 Å². The van der Waals surface area contributed by atoms with E-state index in [1.165, 1.54) is 6.16 Å². The van der Waals surface area contributed by atoms with Crippen molar-refractivity contribution < 1.29 is 17.3 Å². The Morgan fingerprint density at radius 3 is 1.33 bits per heavy atom. The van der Waals surface area contributed by atoms with Gasteiger partial charge < -0.3 is 17.3 Å². The number of rotatable bonds is 2. The van der Waals surface area contributed by atoms with E-state index in [9.17, 15) is 17.3 Å². The zero-order chi connectivity index (χ0) is 15.2. The number of allylic oxidation sites excluding steroid dienone is 2. The van der Waals surface area contributed by atoms with Crippen LogP contribution in [0.3, 0.4) is 0 Å². The maximum absolute atomic E-state index is 9.75. The van der Waals surface area contributed by atoms with Gasteiger partial charge in [0.2, 0.25) is 0 Å². The van der Waals surface area contributed by atoms with Crippen LogP contribution in [0.2, 0.25) is 0 Å². The van der Waals surface area contributed by atoms with Gasteiger partial charge in [0.05, 0.1) is 16.5 Å². The van der Waals surface area contributed by atoms with Crippen molar-refractivity contribution in [3.8, 4) is 0 Å². The molecule has 0 atom stereocenters. The molecule has 0 spiro atoms. The fraction of sp³-hybridized carbons (Fsp3) is 0.833. The molecule has 0 aromatic rings. The molecular weight excluding hydrogens is 262 g/mol. The summed E-state index contributed by atoms with van der Waals surface area (Å²) < 4.78 is 39.0. The van der Waals surface area contributed by atoms with Gasteiger partial charge in [0.15, 0.2) is 0 Å². The molecule has 0 radical (unpaired) electrons. The van der Waals surface area contributed by atoms with Crippen molar-refractivity contribution in [3.63, 3.8) is 0 Å². The van der Waals surface area contributed by atoms with Crippen LogP contribution in [0.5, 0.6) is 0 Å². The van der Waals surface area contributed by atoms with E-state index < -0.39 is 7.25 Å². The fourth-order valence-corrected chi connectivity index (χ4v) is 5.92. The van der Waals surface area contributed by atoms with Gasteiger partial charge in [-0.1, -0.05) is 12.2 Å². The Kier molecular flexibility index (Phi) is 8.47. The maximum Gasteiger partial charge on any atom is 0.673 e. The van der Waals surface area contributed by atoms with E-state index in [4.69, 9.17) is 0 Å². The zero-order valence-corrected chi connectivity index (χ0v) is 13.5. The lowest BCUT2D eigenvalue weighted by Crippen LogP contribution is -2.26. The molecule has 0 fully saturated rings. The minimum Gasteiger partial charge on any atom is -0.418 e. The van der Waals surface area contributed by atoms with Crippen LogP contribution in [0.4, 0.5) is 17.3 Å². The summed E-state index contributed by atoms with van der Waals surface area (Å²) in [7, 11) is -6.33. The van der Waals surface area contributed by atoms with Gasteiger partial charge in [-0.3, -0.25) is 0 Å². The second-order valence-corrected chi connectivity index (χ2v) is 10.6. The number of hydrogen-bond acceptors (Lipinski definition) is 0. The largest absolute Gasteiger partial charge is 0.673 e. The van der Waals surface area contributed by atoms with E-state index in [-0.39, 0.29) is 7.92 Å². The maximum atomic E-state index is 9.75. The molecule has 0 saturated carbocycles. The van der Waals surface area contributed by atoms with E-state index in [2.05, 4.69) is 60.6 Å². The first-order chi connectivity index (χ1) is 7.69. The van der Waals surface area contributed by atoms with Crippen LogP contribution in [0.25, 0.3) is 0 Å². The van der Waals surface area contributed by atoms with Gasteiger partial charge in [-0.05, 0) is 48.5 Å². The Bertz CT molecular complexity index is 228. The summed E-state index contributed by atoms with van der Waals surface area (Å²) in [6.07, 6.45) is 5.82. The van der Waals surface area contributed by atoms with Gasteiger partial charge >= 0.3 is 7.25 Å². The first-order valence-electron chi connectivity index (χ1n) is 6.05. The molecule has 0 N–H and O–H groups in total. The second kappa shape index (κ2) is 7.52. The third-order valence-corrected chi connectivity index (χ3v) is 6.63. The van der Waals surface area contributed by atoms with Gasteiger partial charge in [0, 0.05) is 7.92 Å². The van der Waals surface area contributed by atoms with Crippen LogP contribution in [-0.4, -0.2) is 23.7 Å². The average molecular weight is 288 g/mol. The average Bonchev–Trinajstić information content (AvgIpc) is 1.95. The molecule has 0 aromatic heterocycles. The predicted octanol–water partition coefficient (Wildman–Crippen LogP) is 5.67. The Morgan fingerprint density at radius 2 is 1.17 bits per heavy atom. The highest BCUT2D eigenvalue weighted by atomic mass is 31.1. The zero-order valence-electron chi connectivity index (χ0n) is 12.5. The molecular formula is C12H26BF4P.